The number of hydrogen-bond donors (Lipinski definition) is 0. The number of fused-ring (bicyclic) bond motifs is 7. The van der Waals surface area contributed by atoms with Crippen LogP contribution in [0.25, 0.3) is 98.7 Å². The Hall–Kier alpha value is -5.98. The van der Waals surface area contributed by atoms with E-state index in [-0.39, 0.29) is 0 Å². The molecular formula is C50H32. The Morgan fingerprint density at radius 1 is 0.400 bits per heavy atom. The van der Waals surface area contributed by atoms with Crippen LogP contribution in [-0.4, -0.2) is 0 Å². The minimum absolute atomic E-state index is 0.334. The number of hydrogen-bond acceptors (Lipinski definition) is 0. The fourth-order valence-corrected chi connectivity index (χ4v) is 10.2. The largest absolute Gasteiger partial charge is 0.0767 e. The number of allylic oxidation sites excluding steroid dienone is 8. The van der Waals surface area contributed by atoms with Crippen molar-refractivity contribution in [3.05, 3.63) is 168 Å². The van der Waals surface area contributed by atoms with Gasteiger partial charge in [-0.05, 0) is 153 Å². The highest BCUT2D eigenvalue weighted by Gasteiger charge is 2.42. The number of aryl methyl sites for hydroxylation is 2. The molecule has 0 bridgehead atoms. The molecule has 2 unspecified atom stereocenters. The lowest BCUT2D eigenvalue weighted by molar-refractivity contribution is 0.707. The average Bonchev–Trinajstić information content (AvgIpc) is 3.64. The fraction of sp³-hybridized carbons (Fsp3) is 0.0800. The molecule has 0 fully saturated rings. The summed E-state index contributed by atoms with van der Waals surface area (Å²) in [5, 5.41) is 10.8. The second kappa shape index (κ2) is 9.37. The summed E-state index contributed by atoms with van der Waals surface area (Å²) < 4.78 is 0. The molecule has 0 radical (unpaired) electrons. The molecule has 0 aliphatic heterocycles. The molecule has 0 heterocycles. The van der Waals surface area contributed by atoms with E-state index in [9.17, 15) is 0 Å². The lowest BCUT2D eigenvalue weighted by Crippen LogP contribution is -2.14. The van der Waals surface area contributed by atoms with E-state index in [2.05, 4.69) is 159 Å². The molecule has 12 rings (SSSR count). The molecule has 0 heteroatoms. The molecule has 0 nitrogen and oxygen atoms in total. The van der Waals surface area contributed by atoms with Gasteiger partial charge in [0.15, 0.2) is 0 Å². The second-order valence-electron chi connectivity index (χ2n) is 14.8. The number of rotatable bonds is 2. The van der Waals surface area contributed by atoms with E-state index in [0.29, 0.717) is 11.8 Å². The third-order valence-corrected chi connectivity index (χ3v) is 12.3. The van der Waals surface area contributed by atoms with Gasteiger partial charge >= 0.3 is 0 Å². The predicted molar refractivity (Wildman–Crippen MR) is 214 cm³/mol. The van der Waals surface area contributed by atoms with Gasteiger partial charge in [-0.1, -0.05) is 127 Å². The van der Waals surface area contributed by atoms with Crippen LogP contribution in [0.4, 0.5) is 0 Å². The zero-order valence-corrected chi connectivity index (χ0v) is 28.0. The molecule has 50 heavy (non-hydrogen) atoms. The molecule has 0 saturated heterocycles. The van der Waals surface area contributed by atoms with E-state index < -0.39 is 0 Å². The number of benzene rings is 8. The van der Waals surface area contributed by atoms with Gasteiger partial charge in [-0.3, -0.25) is 0 Å². The molecule has 0 N–H and O–H groups in total. The van der Waals surface area contributed by atoms with Gasteiger partial charge in [0.2, 0.25) is 0 Å². The lowest BCUT2D eigenvalue weighted by atomic mass is 9.77. The van der Waals surface area contributed by atoms with Gasteiger partial charge in [0.1, 0.15) is 0 Å². The summed E-state index contributed by atoms with van der Waals surface area (Å²) in [6.07, 6.45) is 14.2. The highest BCUT2D eigenvalue weighted by atomic mass is 14.4. The molecule has 0 amide bonds. The molecule has 8 aromatic carbocycles. The molecule has 0 aromatic heterocycles. The van der Waals surface area contributed by atoms with Crippen molar-refractivity contribution in [2.45, 2.75) is 13.8 Å². The van der Waals surface area contributed by atoms with E-state index in [1.807, 2.05) is 0 Å². The van der Waals surface area contributed by atoms with E-state index >= 15 is 0 Å². The minimum Gasteiger partial charge on any atom is -0.0767 e. The molecule has 4 aliphatic carbocycles. The van der Waals surface area contributed by atoms with Crippen molar-refractivity contribution in [2.75, 3.05) is 0 Å². The average molecular weight is 633 g/mol. The molecule has 0 spiro atoms. The summed E-state index contributed by atoms with van der Waals surface area (Å²) >= 11 is 0. The monoisotopic (exact) mass is 632 g/mol. The van der Waals surface area contributed by atoms with Crippen LogP contribution in [-0.2, 0) is 0 Å². The molecular weight excluding hydrogens is 601 g/mol. The molecule has 2 atom stereocenters. The summed E-state index contributed by atoms with van der Waals surface area (Å²) in [5.74, 6) is 0.704. The summed E-state index contributed by atoms with van der Waals surface area (Å²) in [6.45, 7) is 4.56. The van der Waals surface area contributed by atoms with Gasteiger partial charge in [0, 0.05) is 11.8 Å². The maximum Gasteiger partial charge on any atom is 0.0200 e. The molecule has 232 valence electrons. The van der Waals surface area contributed by atoms with Crippen molar-refractivity contribution in [3.63, 3.8) is 0 Å². The maximum atomic E-state index is 2.57. The van der Waals surface area contributed by atoms with Gasteiger partial charge in [0.25, 0.3) is 0 Å². The normalized spacial score (nSPS) is 17.9. The molecule has 4 aliphatic rings. The maximum absolute atomic E-state index is 2.57. The highest BCUT2D eigenvalue weighted by Crippen LogP contribution is 2.62. The summed E-state index contributed by atoms with van der Waals surface area (Å²) in [6, 6.07) is 41.8. The topological polar surface area (TPSA) is 0 Å². The van der Waals surface area contributed by atoms with Crippen molar-refractivity contribution >= 4 is 54.2 Å². The highest BCUT2D eigenvalue weighted by molar-refractivity contribution is 6.33. The van der Waals surface area contributed by atoms with Crippen LogP contribution in [0, 0.1) is 25.7 Å². The SMILES string of the molecule is Cc1ccccc1-c1c2c(c(-c3ccccc3C)c3cc4c(cc13)-c1ccc3ccc5cccc6cc-4c1c3c56)C1=CC=CC3C=CC=C2C13. The smallest absolute Gasteiger partial charge is 0.0200 e. The lowest BCUT2D eigenvalue weighted by Gasteiger charge is -2.26. The van der Waals surface area contributed by atoms with Crippen molar-refractivity contribution in [3.8, 4) is 44.5 Å². The Bertz CT molecular complexity index is 2990. The first kappa shape index (κ1) is 26.9. The van der Waals surface area contributed by atoms with Crippen molar-refractivity contribution < 1.29 is 0 Å². The molecule has 8 aromatic rings. The Morgan fingerprint density at radius 3 is 1.60 bits per heavy atom. The summed E-state index contributed by atoms with van der Waals surface area (Å²) in [7, 11) is 0. The van der Waals surface area contributed by atoms with Crippen LogP contribution in [0.3, 0.4) is 0 Å². The molecule has 0 saturated carbocycles. The third kappa shape index (κ3) is 3.23. The first-order valence-electron chi connectivity index (χ1n) is 17.9. The first-order valence-corrected chi connectivity index (χ1v) is 17.9. The second-order valence-corrected chi connectivity index (χ2v) is 14.8. The van der Waals surface area contributed by atoms with Crippen LogP contribution < -0.4 is 0 Å². The van der Waals surface area contributed by atoms with Gasteiger partial charge in [0.05, 0.1) is 0 Å². The van der Waals surface area contributed by atoms with E-state index in [4.69, 9.17) is 0 Å². The third-order valence-electron chi connectivity index (χ3n) is 12.3. The van der Waals surface area contributed by atoms with E-state index in [1.165, 1.54) is 121 Å². The predicted octanol–water partition coefficient (Wildman–Crippen LogP) is 13.5. The van der Waals surface area contributed by atoms with Crippen LogP contribution in [0.1, 0.15) is 22.3 Å². The van der Waals surface area contributed by atoms with Gasteiger partial charge in [-0.25, -0.2) is 0 Å². The quantitative estimate of drug-likeness (QED) is 0.166. The summed E-state index contributed by atoms with van der Waals surface area (Å²) in [4.78, 5) is 0. The first-order chi connectivity index (χ1) is 24.7. The van der Waals surface area contributed by atoms with Crippen LogP contribution in [0.5, 0.6) is 0 Å². The summed E-state index contributed by atoms with van der Waals surface area (Å²) in [5.41, 5.74) is 19.2. The van der Waals surface area contributed by atoms with E-state index in [0.717, 1.165) is 0 Å². The fourth-order valence-electron chi connectivity index (χ4n) is 10.2. The van der Waals surface area contributed by atoms with Crippen LogP contribution in [0.2, 0.25) is 0 Å². The Balaban J connectivity index is 1.32. The standard InChI is InChI=1S/C50H32/c1-27-10-3-5-16-33(27)46-41-25-38-35-23-22-31-21-20-30-12-7-15-32-24-40(48(35)45(31)43(30)32)39(38)26-42(41)47(34-17-6-4-11-28(34)2)50-37-19-9-14-29-13-8-18-36(44(29)37)49(46)50/h3-26,29,44H,1-2H3. The van der Waals surface area contributed by atoms with Crippen molar-refractivity contribution in [2.24, 2.45) is 11.8 Å². The minimum atomic E-state index is 0.334. The van der Waals surface area contributed by atoms with Crippen molar-refractivity contribution in [1.29, 1.82) is 0 Å². The Labute approximate surface area is 291 Å². The van der Waals surface area contributed by atoms with Crippen molar-refractivity contribution in [1.82, 2.24) is 0 Å². The van der Waals surface area contributed by atoms with Crippen LogP contribution in [0.15, 0.2) is 146 Å². The Kier molecular flexibility index (Phi) is 5.05. The zero-order chi connectivity index (χ0) is 32.8. The van der Waals surface area contributed by atoms with E-state index in [1.54, 1.807) is 0 Å². The Morgan fingerprint density at radius 2 is 0.960 bits per heavy atom. The van der Waals surface area contributed by atoms with Crippen LogP contribution >= 0.6 is 0 Å². The zero-order valence-electron chi connectivity index (χ0n) is 28.0. The van der Waals surface area contributed by atoms with Gasteiger partial charge in [-0.15, -0.1) is 0 Å². The van der Waals surface area contributed by atoms with Gasteiger partial charge < -0.3 is 0 Å². The van der Waals surface area contributed by atoms with Gasteiger partial charge in [-0.2, -0.15) is 0 Å².